The van der Waals surface area contributed by atoms with E-state index in [1.165, 1.54) is 0 Å². The van der Waals surface area contributed by atoms with E-state index in [-0.39, 0.29) is 19.6 Å². The lowest BCUT2D eigenvalue weighted by Crippen LogP contribution is -2.60. The molecule has 0 saturated carbocycles. The van der Waals surface area contributed by atoms with Crippen LogP contribution in [0.3, 0.4) is 0 Å². The van der Waals surface area contributed by atoms with E-state index >= 15 is 0 Å². The maximum atomic E-state index is 12.8. The zero-order valence-corrected chi connectivity index (χ0v) is 17.4. The second kappa shape index (κ2) is 8.16. The summed E-state index contributed by atoms with van der Waals surface area (Å²) in [7, 11) is 0. The molecule has 0 bridgehead atoms. The number of benzene rings is 1. The Morgan fingerprint density at radius 2 is 1.83 bits per heavy atom. The molecule has 4 atom stereocenters. The van der Waals surface area contributed by atoms with Crippen LogP contribution in [0.25, 0.3) is 0 Å². The van der Waals surface area contributed by atoms with Crippen LogP contribution in [0.1, 0.15) is 44.5 Å². The number of rotatable bonds is 7. The average molecular weight is 406 g/mol. The number of ether oxygens (including phenoxy) is 5. The van der Waals surface area contributed by atoms with Crippen LogP contribution >= 0.6 is 0 Å². The zero-order chi connectivity index (χ0) is 21.3. The number of carbonyl (C=O) groups excluding carboxylic acids is 1. The second-order valence-electron chi connectivity index (χ2n) is 8.36. The predicted octanol–water partition coefficient (Wildman–Crippen LogP) is 2.82. The van der Waals surface area contributed by atoms with Gasteiger partial charge in [0, 0.05) is 6.42 Å². The Labute approximate surface area is 171 Å². The molecule has 0 amide bonds. The molecule has 0 spiro atoms. The fourth-order valence-electron chi connectivity index (χ4n) is 3.72. The van der Waals surface area contributed by atoms with E-state index in [4.69, 9.17) is 23.7 Å². The standard InChI is InChI=1S/C22H30O7/c1-6-12-22(24,17-14-26-21(4,5)29-17)18(16-13-25-20(2,3)28-16)27-19(23)15-10-8-7-9-11-15/h6-11,16-18,24H,1,12-14H2,2-5H3/t16-,17-,18-,22-/m1/s1. The van der Waals surface area contributed by atoms with Crippen molar-refractivity contribution in [3.05, 3.63) is 48.6 Å². The summed E-state index contributed by atoms with van der Waals surface area (Å²) in [6.07, 6.45) is -0.799. The van der Waals surface area contributed by atoms with Crippen molar-refractivity contribution in [3.8, 4) is 0 Å². The average Bonchev–Trinajstić information content (AvgIpc) is 3.21. The quantitative estimate of drug-likeness (QED) is 0.551. The Kier molecular flexibility index (Phi) is 6.17. The molecule has 0 unspecified atom stereocenters. The normalized spacial score (nSPS) is 28.4. The van der Waals surface area contributed by atoms with Gasteiger partial charge in [-0.25, -0.2) is 4.79 Å². The van der Waals surface area contributed by atoms with Crippen LogP contribution in [0.4, 0.5) is 0 Å². The Morgan fingerprint density at radius 3 is 2.34 bits per heavy atom. The summed E-state index contributed by atoms with van der Waals surface area (Å²) in [5.41, 5.74) is -1.24. The highest BCUT2D eigenvalue weighted by atomic mass is 16.8. The fourth-order valence-corrected chi connectivity index (χ4v) is 3.72. The van der Waals surface area contributed by atoms with E-state index in [1.807, 2.05) is 6.07 Å². The molecule has 2 saturated heterocycles. The van der Waals surface area contributed by atoms with E-state index < -0.39 is 41.5 Å². The molecule has 0 radical (unpaired) electrons. The van der Waals surface area contributed by atoms with E-state index in [9.17, 15) is 9.90 Å². The summed E-state index contributed by atoms with van der Waals surface area (Å²) < 4.78 is 29.1. The van der Waals surface area contributed by atoms with Crippen molar-refractivity contribution < 1.29 is 33.6 Å². The van der Waals surface area contributed by atoms with Gasteiger partial charge in [-0.3, -0.25) is 0 Å². The molecule has 29 heavy (non-hydrogen) atoms. The van der Waals surface area contributed by atoms with Gasteiger partial charge in [-0.15, -0.1) is 6.58 Å². The van der Waals surface area contributed by atoms with Crippen LogP contribution in [-0.4, -0.2) is 59.8 Å². The van der Waals surface area contributed by atoms with Gasteiger partial charge >= 0.3 is 5.97 Å². The monoisotopic (exact) mass is 406 g/mol. The van der Waals surface area contributed by atoms with Gasteiger partial charge in [-0.1, -0.05) is 24.3 Å². The van der Waals surface area contributed by atoms with Gasteiger partial charge < -0.3 is 28.8 Å². The lowest BCUT2D eigenvalue weighted by atomic mass is 9.84. The lowest BCUT2D eigenvalue weighted by molar-refractivity contribution is -0.218. The first-order valence-electron chi connectivity index (χ1n) is 9.79. The minimum absolute atomic E-state index is 0.115. The Hall–Kier alpha value is -1.77. The molecule has 2 heterocycles. The molecule has 2 fully saturated rings. The van der Waals surface area contributed by atoms with E-state index in [0.29, 0.717) is 5.56 Å². The third kappa shape index (κ3) is 4.87. The first-order chi connectivity index (χ1) is 13.6. The molecule has 0 aromatic heterocycles. The molecule has 2 aliphatic rings. The molecular weight excluding hydrogens is 376 g/mol. The van der Waals surface area contributed by atoms with Crippen molar-refractivity contribution in [1.29, 1.82) is 0 Å². The van der Waals surface area contributed by atoms with Gasteiger partial charge in [0.25, 0.3) is 0 Å². The van der Waals surface area contributed by atoms with E-state index in [0.717, 1.165) is 0 Å². The van der Waals surface area contributed by atoms with Crippen LogP contribution < -0.4 is 0 Å². The molecule has 7 nitrogen and oxygen atoms in total. The van der Waals surface area contributed by atoms with Crippen molar-refractivity contribution in [2.24, 2.45) is 0 Å². The van der Waals surface area contributed by atoms with Crippen LogP contribution in [0.5, 0.6) is 0 Å². The summed E-state index contributed by atoms with van der Waals surface area (Å²) in [4.78, 5) is 12.8. The summed E-state index contributed by atoms with van der Waals surface area (Å²) >= 11 is 0. The van der Waals surface area contributed by atoms with Crippen molar-refractivity contribution in [2.45, 2.75) is 69.6 Å². The first-order valence-corrected chi connectivity index (χ1v) is 9.79. The van der Waals surface area contributed by atoms with E-state index in [2.05, 4.69) is 6.58 Å². The number of esters is 1. The molecule has 1 N–H and O–H groups in total. The summed E-state index contributed by atoms with van der Waals surface area (Å²) in [5, 5.41) is 11.7. The highest BCUT2D eigenvalue weighted by Gasteiger charge is 2.56. The van der Waals surface area contributed by atoms with Crippen molar-refractivity contribution in [1.82, 2.24) is 0 Å². The second-order valence-corrected chi connectivity index (χ2v) is 8.36. The molecule has 160 valence electrons. The molecule has 7 heteroatoms. The summed E-state index contributed by atoms with van der Waals surface area (Å²) in [6, 6.07) is 8.61. The Morgan fingerprint density at radius 1 is 1.21 bits per heavy atom. The largest absolute Gasteiger partial charge is 0.453 e. The zero-order valence-electron chi connectivity index (χ0n) is 17.4. The predicted molar refractivity (Wildman–Crippen MR) is 105 cm³/mol. The topological polar surface area (TPSA) is 83.5 Å². The van der Waals surface area contributed by atoms with Crippen LogP contribution in [-0.2, 0) is 23.7 Å². The van der Waals surface area contributed by atoms with Gasteiger partial charge in [-0.2, -0.15) is 0 Å². The van der Waals surface area contributed by atoms with Crippen LogP contribution in [0, 0.1) is 0 Å². The molecular formula is C22H30O7. The molecule has 0 aliphatic carbocycles. The lowest BCUT2D eigenvalue weighted by Gasteiger charge is -2.41. The third-order valence-corrected chi connectivity index (χ3v) is 5.14. The van der Waals surface area contributed by atoms with Gasteiger partial charge in [0.1, 0.15) is 17.8 Å². The van der Waals surface area contributed by atoms with Crippen molar-refractivity contribution in [2.75, 3.05) is 13.2 Å². The number of hydrogen-bond donors (Lipinski definition) is 1. The van der Waals surface area contributed by atoms with Crippen LogP contribution in [0.2, 0.25) is 0 Å². The number of carbonyl (C=O) groups is 1. The summed E-state index contributed by atoms with van der Waals surface area (Å²) in [6.45, 7) is 11.1. The third-order valence-electron chi connectivity index (χ3n) is 5.14. The minimum Gasteiger partial charge on any atom is -0.453 e. The smallest absolute Gasteiger partial charge is 0.338 e. The van der Waals surface area contributed by atoms with Gasteiger partial charge in [0.05, 0.1) is 18.8 Å². The molecule has 1 aromatic rings. The molecule has 2 aliphatic heterocycles. The fraction of sp³-hybridized carbons (Fsp3) is 0.591. The van der Waals surface area contributed by atoms with E-state index in [1.54, 1.807) is 58.0 Å². The molecule has 3 rings (SSSR count). The van der Waals surface area contributed by atoms with Crippen LogP contribution in [0.15, 0.2) is 43.0 Å². The highest BCUT2D eigenvalue weighted by molar-refractivity contribution is 5.89. The van der Waals surface area contributed by atoms with Gasteiger partial charge in [0.2, 0.25) is 0 Å². The summed E-state index contributed by atoms with van der Waals surface area (Å²) in [5.74, 6) is -2.28. The Bertz CT molecular complexity index is 730. The Balaban J connectivity index is 1.93. The maximum absolute atomic E-state index is 12.8. The van der Waals surface area contributed by atoms with Crippen molar-refractivity contribution >= 4 is 5.97 Å². The minimum atomic E-state index is -1.62. The van der Waals surface area contributed by atoms with Crippen molar-refractivity contribution in [3.63, 3.8) is 0 Å². The highest BCUT2D eigenvalue weighted by Crippen LogP contribution is 2.39. The first kappa shape index (κ1) is 21.9. The maximum Gasteiger partial charge on any atom is 0.338 e. The SMILES string of the molecule is C=CC[C@](O)([C@H](OC(=O)c1ccccc1)[C@H]1COC(C)(C)O1)[C@H]1COC(C)(C)O1. The molecule has 1 aromatic carbocycles. The van der Waals surface area contributed by atoms with Gasteiger partial charge in [0.15, 0.2) is 17.7 Å². The van der Waals surface area contributed by atoms with Gasteiger partial charge in [-0.05, 0) is 39.8 Å². The number of hydrogen-bond acceptors (Lipinski definition) is 7. The number of aliphatic hydroxyl groups is 1.